The van der Waals surface area contributed by atoms with E-state index in [1.807, 2.05) is 55.9 Å². The van der Waals surface area contributed by atoms with E-state index in [9.17, 15) is 0 Å². The van der Waals surface area contributed by atoms with Crippen LogP contribution in [0.5, 0.6) is 5.75 Å². The van der Waals surface area contributed by atoms with Crippen molar-refractivity contribution in [1.82, 2.24) is 25.0 Å². The zero-order valence-corrected chi connectivity index (χ0v) is 20.9. The minimum absolute atomic E-state index is 0. The lowest BCUT2D eigenvalue weighted by atomic mass is 10.2. The summed E-state index contributed by atoms with van der Waals surface area (Å²) in [5.74, 6) is 3.42. The quantitative estimate of drug-likeness (QED) is 0.271. The summed E-state index contributed by atoms with van der Waals surface area (Å²) in [6, 6.07) is 18.3. The summed E-state index contributed by atoms with van der Waals surface area (Å²) in [5.41, 5.74) is 2.38. The Kier molecular flexibility index (Phi) is 9.77. The second-order valence-corrected chi connectivity index (χ2v) is 7.28. The first-order valence-corrected chi connectivity index (χ1v) is 10.1. The monoisotopic (exact) mass is 534 g/mol. The Balaban J connectivity index is 0.00000341. The summed E-state index contributed by atoms with van der Waals surface area (Å²) in [6.45, 7) is 6.42. The van der Waals surface area contributed by atoms with Crippen LogP contribution in [-0.4, -0.2) is 45.8 Å². The van der Waals surface area contributed by atoms with Crippen LogP contribution in [0.15, 0.2) is 59.6 Å². The average molecular weight is 534 g/mol. The van der Waals surface area contributed by atoms with Crippen molar-refractivity contribution in [2.45, 2.75) is 26.9 Å². The third-order valence-electron chi connectivity index (χ3n) is 4.92. The van der Waals surface area contributed by atoms with Gasteiger partial charge >= 0.3 is 0 Å². The van der Waals surface area contributed by atoms with Gasteiger partial charge in [0.1, 0.15) is 18.2 Å². The average Bonchev–Trinajstić information content (AvgIpc) is 3.08. The van der Waals surface area contributed by atoms with Gasteiger partial charge in [-0.2, -0.15) is 0 Å². The highest BCUT2D eigenvalue weighted by atomic mass is 127. The van der Waals surface area contributed by atoms with E-state index in [4.69, 9.17) is 9.73 Å². The summed E-state index contributed by atoms with van der Waals surface area (Å²) in [6.07, 6.45) is 0. The van der Waals surface area contributed by atoms with Crippen molar-refractivity contribution in [1.29, 1.82) is 0 Å². The predicted molar refractivity (Wildman–Crippen MR) is 135 cm³/mol. The van der Waals surface area contributed by atoms with E-state index in [0.717, 1.165) is 28.9 Å². The fourth-order valence-corrected chi connectivity index (χ4v) is 2.87. The lowest BCUT2D eigenvalue weighted by Crippen LogP contribution is -2.41. The third kappa shape index (κ3) is 7.54. The second kappa shape index (κ2) is 12.3. The predicted octanol–water partition coefficient (Wildman–Crippen LogP) is 3.71. The van der Waals surface area contributed by atoms with Gasteiger partial charge in [0.25, 0.3) is 0 Å². The molecule has 7 nitrogen and oxygen atoms in total. The van der Waals surface area contributed by atoms with E-state index in [2.05, 4.69) is 51.6 Å². The van der Waals surface area contributed by atoms with Crippen LogP contribution in [0, 0.1) is 13.8 Å². The van der Waals surface area contributed by atoms with Crippen LogP contribution >= 0.6 is 24.0 Å². The van der Waals surface area contributed by atoms with Crippen LogP contribution in [0.4, 0.5) is 0 Å². The molecule has 0 aliphatic heterocycles. The number of rotatable bonds is 8. The van der Waals surface area contributed by atoms with Crippen molar-refractivity contribution < 1.29 is 4.74 Å². The molecule has 1 heterocycles. The molecule has 1 aromatic heterocycles. The number of nitrogens with one attached hydrogen (secondary N) is 1. The maximum atomic E-state index is 5.88. The highest BCUT2D eigenvalue weighted by Crippen LogP contribution is 2.11. The topological polar surface area (TPSA) is 67.6 Å². The molecule has 0 fully saturated rings. The Labute approximate surface area is 201 Å². The van der Waals surface area contributed by atoms with Gasteiger partial charge in [-0.25, -0.2) is 4.99 Å². The molecule has 2 aromatic carbocycles. The van der Waals surface area contributed by atoms with Gasteiger partial charge in [-0.15, -0.1) is 34.2 Å². The first-order chi connectivity index (χ1) is 14.5. The molecule has 166 valence electrons. The first-order valence-electron chi connectivity index (χ1n) is 10.1. The molecule has 0 bridgehead atoms. The zero-order chi connectivity index (χ0) is 21.3. The molecular formula is C23H31IN6O. The molecule has 1 N–H and O–H groups in total. The molecule has 3 aromatic rings. The van der Waals surface area contributed by atoms with Gasteiger partial charge in [0, 0.05) is 14.1 Å². The van der Waals surface area contributed by atoms with E-state index in [0.29, 0.717) is 26.2 Å². The fourth-order valence-electron chi connectivity index (χ4n) is 2.87. The van der Waals surface area contributed by atoms with Crippen LogP contribution in [0.3, 0.4) is 0 Å². The molecule has 8 heteroatoms. The van der Waals surface area contributed by atoms with Gasteiger partial charge in [-0.3, -0.25) is 0 Å². The smallest absolute Gasteiger partial charge is 0.194 e. The number of aromatic nitrogens is 3. The molecule has 0 unspecified atom stereocenters. The number of hydrogen-bond acceptors (Lipinski definition) is 4. The van der Waals surface area contributed by atoms with Crippen LogP contribution in [-0.2, 0) is 20.1 Å². The van der Waals surface area contributed by atoms with Gasteiger partial charge < -0.3 is 19.5 Å². The number of aryl methyl sites for hydroxylation is 2. The summed E-state index contributed by atoms with van der Waals surface area (Å²) in [5, 5.41) is 11.8. The van der Waals surface area contributed by atoms with Gasteiger partial charge in [-0.1, -0.05) is 48.0 Å². The molecule has 3 rings (SSSR count). The molecule has 0 atom stereocenters. The van der Waals surface area contributed by atoms with Crippen LogP contribution in [0.1, 0.15) is 22.8 Å². The SMILES string of the molecule is Cc1ccc(OCCN(C)C(=NCc2ccccc2)NCc2nnc(C)n2C)cc1.I. The largest absolute Gasteiger partial charge is 0.492 e. The van der Waals surface area contributed by atoms with Gasteiger partial charge in [0.15, 0.2) is 11.8 Å². The maximum absolute atomic E-state index is 5.88. The highest BCUT2D eigenvalue weighted by Gasteiger charge is 2.10. The van der Waals surface area contributed by atoms with E-state index in [1.165, 1.54) is 5.56 Å². The normalized spacial score (nSPS) is 11.0. The summed E-state index contributed by atoms with van der Waals surface area (Å²) < 4.78 is 7.85. The lowest BCUT2D eigenvalue weighted by molar-refractivity contribution is 0.281. The van der Waals surface area contributed by atoms with Crippen LogP contribution in [0.25, 0.3) is 0 Å². The molecule has 0 aliphatic rings. The Morgan fingerprint density at radius 3 is 2.42 bits per heavy atom. The molecule has 0 saturated carbocycles. The van der Waals surface area contributed by atoms with Crippen molar-refractivity contribution >= 4 is 29.9 Å². The molecule has 0 amide bonds. The van der Waals surface area contributed by atoms with Crippen molar-refractivity contribution in [3.63, 3.8) is 0 Å². The second-order valence-electron chi connectivity index (χ2n) is 7.28. The first kappa shape index (κ1) is 24.6. The number of nitrogens with zero attached hydrogens (tertiary/aromatic N) is 5. The minimum atomic E-state index is 0. The molecule has 0 aliphatic carbocycles. The molecular weight excluding hydrogens is 503 g/mol. The molecule has 0 spiro atoms. The number of likely N-dealkylation sites (N-methyl/N-ethyl adjacent to an activating group) is 1. The van der Waals surface area contributed by atoms with Crippen molar-refractivity contribution in [2.75, 3.05) is 20.2 Å². The Hall–Kier alpha value is -2.62. The van der Waals surface area contributed by atoms with Crippen molar-refractivity contribution in [3.8, 4) is 5.75 Å². The standard InChI is InChI=1S/C23H30N6O.HI/c1-18-10-12-21(13-11-18)30-15-14-28(3)23(24-16-20-8-6-5-7-9-20)25-17-22-27-26-19(2)29(22)4;/h5-13H,14-17H2,1-4H3,(H,24,25);1H. The fraction of sp³-hybridized carbons (Fsp3) is 0.348. The third-order valence-corrected chi connectivity index (χ3v) is 4.92. The van der Waals surface area contributed by atoms with E-state index < -0.39 is 0 Å². The van der Waals surface area contributed by atoms with E-state index in [1.54, 1.807) is 0 Å². The van der Waals surface area contributed by atoms with Gasteiger partial charge in [0.05, 0.1) is 19.6 Å². The summed E-state index contributed by atoms with van der Waals surface area (Å²) in [4.78, 5) is 6.87. The maximum Gasteiger partial charge on any atom is 0.194 e. The van der Waals surface area contributed by atoms with E-state index >= 15 is 0 Å². The number of benzene rings is 2. The lowest BCUT2D eigenvalue weighted by Gasteiger charge is -2.22. The minimum Gasteiger partial charge on any atom is -0.492 e. The number of aliphatic imine (C=N–C) groups is 1. The van der Waals surface area contributed by atoms with Gasteiger partial charge in [-0.05, 0) is 31.5 Å². The molecule has 31 heavy (non-hydrogen) atoms. The number of halogens is 1. The zero-order valence-electron chi connectivity index (χ0n) is 18.6. The van der Waals surface area contributed by atoms with Crippen molar-refractivity contribution in [2.24, 2.45) is 12.0 Å². The summed E-state index contributed by atoms with van der Waals surface area (Å²) in [7, 11) is 3.98. The summed E-state index contributed by atoms with van der Waals surface area (Å²) >= 11 is 0. The van der Waals surface area contributed by atoms with Crippen LogP contribution in [0.2, 0.25) is 0 Å². The number of ether oxygens (including phenoxy) is 1. The number of hydrogen-bond donors (Lipinski definition) is 1. The van der Waals surface area contributed by atoms with Crippen molar-refractivity contribution in [3.05, 3.63) is 77.4 Å². The van der Waals surface area contributed by atoms with E-state index in [-0.39, 0.29) is 24.0 Å². The Morgan fingerprint density at radius 1 is 1.06 bits per heavy atom. The number of guanidine groups is 1. The molecule has 0 saturated heterocycles. The van der Waals surface area contributed by atoms with Crippen LogP contribution < -0.4 is 10.1 Å². The van der Waals surface area contributed by atoms with Gasteiger partial charge in [0.2, 0.25) is 0 Å². The Bertz CT molecular complexity index is 956. The highest BCUT2D eigenvalue weighted by molar-refractivity contribution is 14.0. The Morgan fingerprint density at radius 2 is 1.77 bits per heavy atom. The molecule has 0 radical (unpaired) electrons.